The maximum atomic E-state index is 13.4. The molecular formula is C30H41N9O7. The van der Waals surface area contributed by atoms with E-state index in [1.165, 1.54) is 0 Å². The molecular weight excluding hydrogens is 598 g/mol. The summed E-state index contributed by atoms with van der Waals surface area (Å²) in [5.74, 6) is -4.94. The van der Waals surface area contributed by atoms with E-state index in [0.717, 1.165) is 5.56 Å². The zero-order valence-corrected chi connectivity index (χ0v) is 25.2. The molecule has 0 aliphatic rings. The molecule has 0 aromatic heterocycles. The second-order valence-electron chi connectivity index (χ2n) is 10.2. The molecule has 16 nitrogen and oxygen atoms in total. The van der Waals surface area contributed by atoms with Crippen LogP contribution in [0.1, 0.15) is 24.0 Å². The van der Waals surface area contributed by atoms with Crippen molar-refractivity contribution >= 4 is 41.5 Å². The number of nitrogens with one attached hydrogen (secondary N) is 7. The van der Waals surface area contributed by atoms with Crippen molar-refractivity contribution in [1.29, 1.82) is 5.41 Å². The van der Waals surface area contributed by atoms with Gasteiger partial charge >= 0.3 is 5.97 Å². The van der Waals surface area contributed by atoms with Crippen LogP contribution in [-0.4, -0.2) is 90.9 Å². The van der Waals surface area contributed by atoms with Crippen molar-refractivity contribution in [3.8, 4) is 0 Å². The third-order valence-electron chi connectivity index (χ3n) is 6.51. The highest BCUT2D eigenvalue weighted by Gasteiger charge is 2.28. The van der Waals surface area contributed by atoms with Crippen LogP contribution in [0.4, 0.5) is 0 Å². The Hall–Kier alpha value is -5.51. The summed E-state index contributed by atoms with van der Waals surface area (Å²) in [7, 11) is 0. The molecule has 46 heavy (non-hydrogen) atoms. The first-order valence-electron chi connectivity index (χ1n) is 14.5. The fourth-order valence-corrected chi connectivity index (χ4v) is 4.26. The highest BCUT2D eigenvalue weighted by molar-refractivity contribution is 5.95. The zero-order chi connectivity index (χ0) is 33.9. The Morgan fingerprint density at radius 3 is 1.70 bits per heavy atom. The maximum Gasteiger partial charge on any atom is 0.322 e. The van der Waals surface area contributed by atoms with Crippen molar-refractivity contribution < 1.29 is 33.9 Å². The highest BCUT2D eigenvalue weighted by Crippen LogP contribution is 2.07. The number of nitrogens with two attached hydrogens (primary N) is 2. The van der Waals surface area contributed by atoms with Crippen molar-refractivity contribution in [3.63, 3.8) is 0 Å². The minimum atomic E-state index is -1.27. The van der Waals surface area contributed by atoms with Gasteiger partial charge in [0.1, 0.15) is 24.7 Å². The molecule has 0 unspecified atom stereocenters. The molecule has 0 aliphatic carbocycles. The molecule has 2 aromatic carbocycles. The van der Waals surface area contributed by atoms with Crippen molar-refractivity contribution in [2.75, 3.05) is 26.2 Å². The molecule has 0 saturated heterocycles. The number of benzene rings is 2. The van der Waals surface area contributed by atoms with Crippen LogP contribution in [0.3, 0.4) is 0 Å². The van der Waals surface area contributed by atoms with Crippen molar-refractivity contribution in [2.24, 2.45) is 11.5 Å². The van der Waals surface area contributed by atoms with E-state index in [9.17, 15) is 28.8 Å². The lowest BCUT2D eigenvalue weighted by Gasteiger charge is -2.24. The topological polar surface area (TPSA) is 271 Å². The van der Waals surface area contributed by atoms with Crippen molar-refractivity contribution in [2.45, 2.75) is 43.8 Å². The summed E-state index contributed by atoms with van der Waals surface area (Å²) in [6.07, 6.45) is 0.572. The van der Waals surface area contributed by atoms with Gasteiger partial charge in [0.2, 0.25) is 29.5 Å². The molecule has 0 spiro atoms. The van der Waals surface area contributed by atoms with E-state index in [0.29, 0.717) is 12.0 Å². The van der Waals surface area contributed by atoms with Crippen LogP contribution in [0.25, 0.3) is 0 Å². The number of hydrogen-bond donors (Lipinski definition) is 10. The Kier molecular flexibility index (Phi) is 15.7. The number of carboxylic acids is 1. The number of carbonyl (C=O) groups excluding carboxylic acids is 5. The minimum Gasteiger partial charge on any atom is -0.480 e. The molecule has 3 atom stereocenters. The van der Waals surface area contributed by atoms with Crippen LogP contribution in [0.15, 0.2) is 60.7 Å². The molecule has 248 valence electrons. The smallest absolute Gasteiger partial charge is 0.322 e. The lowest BCUT2D eigenvalue weighted by molar-refractivity contribution is -0.138. The predicted octanol–water partition coefficient (Wildman–Crippen LogP) is -2.53. The summed E-state index contributed by atoms with van der Waals surface area (Å²) in [6, 6.07) is 14.5. The van der Waals surface area contributed by atoms with Crippen LogP contribution in [-0.2, 0) is 41.6 Å². The molecule has 5 amide bonds. The number of guanidine groups is 1. The number of carboxylic acid groups (broad SMARTS) is 1. The fraction of sp³-hybridized carbons (Fsp3) is 0.367. The van der Waals surface area contributed by atoms with Gasteiger partial charge in [-0.15, -0.1) is 0 Å². The Labute approximate surface area is 265 Å². The molecule has 16 heteroatoms. The molecule has 0 aliphatic heterocycles. The van der Waals surface area contributed by atoms with Gasteiger partial charge in [0.25, 0.3) is 0 Å². The molecule has 0 radical (unpaired) electrons. The number of carbonyl (C=O) groups is 6. The van der Waals surface area contributed by atoms with Crippen molar-refractivity contribution in [1.82, 2.24) is 31.9 Å². The first kappa shape index (κ1) is 36.7. The Bertz CT molecular complexity index is 1340. The summed E-state index contributed by atoms with van der Waals surface area (Å²) in [5.41, 5.74) is 12.2. The normalized spacial score (nSPS) is 12.4. The summed E-state index contributed by atoms with van der Waals surface area (Å²) in [6.45, 7) is -1.34. The van der Waals surface area contributed by atoms with Gasteiger partial charge in [0, 0.05) is 19.4 Å². The molecule has 12 N–H and O–H groups in total. The van der Waals surface area contributed by atoms with E-state index in [-0.39, 0.29) is 38.3 Å². The maximum absolute atomic E-state index is 13.4. The van der Waals surface area contributed by atoms with Gasteiger partial charge in [-0.25, -0.2) is 0 Å². The molecule has 0 saturated carbocycles. The van der Waals surface area contributed by atoms with E-state index >= 15 is 0 Å². The fourth-order valence-electron chi connectivity index (χ4n) is 4.26. The Morgan fingerprint density at radius 2 is 1.17 bits per heavy atom. The number of hydrogen-bond acceptors (Lipinski definition) is 8. The van der Waals surface area contributed by atoms with Gasteiger partial charge in [-0.05, 0) is 24.0 Å². The first-order chi connectivity index (χ1) is 22.0. The molecule has 2 rings (SSSR count). The first-order valence-corrected chi connectivity index (χ1v) is 14.5. The van der Waals surface area contributed by atoms with Gasteiger partial charge in [-0.3, -0.25) is 34.2 Å². The largest absolute Gasteiger partial charge is 0.480 e. The second-order valence-corrected chi connectivity index (χ2v) is 10.2. The van der Waals surface area contributed by atoms with Gasteiger partial charge in [0.05, 0.1) is 13.1 Å². The average molecular weight is 640 g/mol. The minimum absolute atomic E-state index is 0.0618. The third kappa shape index (κ3) is 14.3. The summed E-state index contributed by atoms with van der Waals surface area (Å²) in [5, 5.41) is 31.1. The number of rotatable bonds is 19. The van der Waals surface area contributed by atoms with Crippen LogP contribution >= 0.6 is 0 Å². The van der Waals surface area contributed by atoms with Gasteiger partial charge in [-0.2, -0.15) is 0 Å². The Balaban J connectivity index is 2.13. The van der Waals surface area contributed by atoms with Crippen molar-refractivity contribution in [3.05, 3.63) is 71.8 Å². The quantitative estimate of drug-likeness (QED) is 0.0437. The van der Waals surface area contributed by atoms with E-state index in [1.54, 1.807) is 54.6 Å². The second kappa shape index (κ2) is 19.7. The zero-order valence-electron chi connectivity index (χ0n) is 25.2. The SMILES string of the molecule is N=C(N)NCCC[C@@H](NC(=O)CNC(=O)[C@H](Cc1ccccc1)NC(=O)[C@@H](Cc1ccccc1)NC(=O)CN)C(=O)NCC(=O)O. The van der Waals surface area contributed by atoms with Crippen LogP contribution < -0.4 is 43.4 Å². The molecule has 0 fully saturated rings. The van der Waals surface area contributed by atoms with E-state index in [4.69, 9.17) is 22.0 Å². The molecule has 0 heterocycles. The standard InChI is InChI=1S/C30H41N9O7/c31-16-24(40)38-23(15-20-10-5-2-6-11-20)29(46)39-22(14-19-8-3-1-4-9-19)28(45)35-17-25(41)37-21(12-7-13-34-30(32)33)27(44)36-18-26(42)43/h1-6,8-11,21-23H,7,12-18,31H2,(H,35,45)(H,36,44)(H,37,41)(H,38,40)(H,39,46)(H,42,43)(H4,32,33,34)/t21-,22+,23-/m1/s1. The molecule has 2 aromatic rings. The van der Waals surface area contributed by atoms with E-state index in [1.807, 2.05) is 6.07 Å². The predicted molar refractivity (Wildman–Crippen MR) is 168 cm³/mol. The van der Waals surface area contributed by atoms with Crippen LogP contribution in [0.5, 0.6) is 0 Å². The summed E-state index contributed by atoms with van der Waals surface area (Å²) < 4.78 is 0. The van der Waals surface area contributed by atoms with Crippen LogP contribution in [0, 0.1) is 5.41 Å². The highest BCUT2D eigenvalue weighted by atomic mass is 16.4. The average Bonchev–Trinajstić information content (AvgIpc) is 3.03. The molecule has 0 bridgehead atoms. The van der Waals surface area contributed by atoms with Gasteiger partial charge in [-0.1, -0.05) is 60.7 Å². The Morgan fingerprint density at radius 1 is 0.674 bits per heavy atom. The van der Waals surface area contributed by atoms with Crippen LogP contribution in [0.2, 0.25) is 0 Å². The van der Waals surface area contributed by atoms with Gasteiger partial charge in [0.15, 0.2) is 5.96 Å². The van der Waals surface area contributed by atoms with E-state index in [2.05, 4.69) is 31.9 Å². The summed E-state index contributed by atoms with van der Waals surface area (Å²) in [4.78, 5) is 75.0. The summed E-state index contributed by atoms with van der Waals surface area (Å²) >= 11 is 0. The third-order valence-corrected chi connectivity index (χ3v) is 6.51. The van der Waals surface area contributed by atoms with E-state index < -0.39 is 66.7 Å². The number of amides is 5. The monoisotopic (exact) mass is 639 g/mol. The van der Waals surface area contributed by atoms with Gasteiger partial charge < -0.3 is 48.5 Å². The lowest BCUT2D eigenvalue weighted by Crippen LogP contribution is -2.56. The lowest BCUT2D eigenvalue weighted by atomic mass is 10.0. The number of aliphatic carboxylic acids is 1.